The second kappa shape index (κ2) is 4.79. The SMILES string of the molecule is [CH2]c1ccc(OCC(F)F)c(OC)c1. The number of hydrogen-bond donors (Lipinski definition) is 0. The van der Waals surface area contributed by atoms with Crippen molar-refractivity contribution in [1.82, 2.24) is 0 Å². The number of hydrogen-bond acceptors (Lipinski definition) is 2. The quantitative estimate of drug-likeness (QED) is 0.745. The Bertz CT molecular complexity index is 300. The summed E-state index contributed by atoms with van der Waals surface area (Å²) in [6, 6.07) is 4.85. The topological polar surface area (TPSA) is 18.5 Å². The lowest BCUT2D eigenvalue weighted by molar-refractivity contribution is 0.0804. The van der Waals surface area contributed by atoms with Gasteiger partial charge in [0, 0.05) is 0 Å². The fraction of sp³-hybridized carbons (Fsp3) is 0.300. The van der Waals surface area contributed by atoms with Gasteiger partial charge in [0.15, 0.2) is 11.5 Å². The Balaban J connectivity index is 2.75. The van der Waals surface area contributed by atoms with Crippen molar-refractivity contribution in [2.24, 2.45) is 0 Å². The molecule has 0 spiro atoms. The Morgan fingerprint density at radius 1 is 1.36 bits per heavy atom. The van der Waals surface area contributed by atoms with Crippen molar-refractivity contribution in [3.63, 3.8) is 0 Å². The van der Waals surface area contributed by atoms with Crippen LogP contribution in [0.5, 0.6) is 11.5 Å². The van der Waals surface area contributed by atoms with Crippen molar-refractivity contribution in [2.45, 2.75) is 6.43 Å². The van der Waals surface area contributed by atoms with Gasteiger partial charge in [-0.25, -0.2) is 8.78 Å². The molecule has 1 rings (SSSR count). The maximum Gasteiger partial charge on any atom is 0.272 e. The van der Waals surface area contributed by atoms with E-state index in [9.17, 15) is 8.78 Å². The van der Waals surface area contributed by atoms with Crippen molar-refractivity contribution in [2.75, 3.05) is 13.7 Å². The highest BCUT2D eigenvalue weighted by molar-refractivity contribution is 5.43. The van der Waals surface area contributed by atoms with E-state index in [4.69, 9.17) is 9.47 Å². The Labute approximate surface area is 81.4 Å². The summed E-state index contributed by atoms with van der Waals surface area (Å²) >= 11 is 0. The summed E-state index contributed by atoms with van der Waals surface area (Å²) in [7, 11) is 1.45. The minimum atomic E-state index is -2.49. The van der Waals surface area contributed by atoms with Crippen LogP contribution in [0.15, 0.2) is 18.2 Å². The lowest BCUT2D eigenvalue weighted by Gasteiger charge is -2.10. The second-order valence-corrected chi connectivity index (χ2v) is 2.69. The van der Waals surface area contributed by atoms with Gasteiger partial charge in [-0.1, -0.05) is 6.07 Å². The summed E-state index contributed by atoms with van der Waals surface area (Å²) in [5.41, 5.74) is 0.742. The molecule has 0 fully saturated rings. The van der Waals surface area contributed by atoms with Gasteiger partial charge in [-0.05, 0) is 24.6 Å². The Hall–Kier alpha value is -1.32. The number of rotatable bonds is 4. The number of methoxy groups -OCH3 is 1. The molecule has 0 unspecified atom stereocenters. The fourth-order valence-corrected chi connectivity index (χ4v) is 0.984. The molecule has 1 radical (unpaired) electrons. The molecule has 14 heavy (non-hydrogen) atoms. The summed E-state index contributed by atoms with van der Waals surface area (Å²) in [5, 5.41) is 0. The predicted octanol–water partition coefficient (Wildman–Crippen LogP) is 2.52. The van der Waals surface area contributed by atoms with Crippen molar-refractivity contribution in [3.05, 3.63) is 30.7 Å². The Kier molecular flexibility index (Phi) is 3.68. The van der Waals surface area contributed by atoms with Crippen LogP contribution in [0.3, 0.4) is 0 Å². The molecular weight excluding hydrogens is 190 g/mol. The van der Waals surface area contributed by atoms with Gasteiger partial charge in [-0.2, -0.15) is 0 Å². The minimum Gasteiger partial charge on any atom is -0.493 e. The van der Waals surface area contributed by atoms with E-state index in [-0.39, 0.29) is 0 Å². The normalized spacial score (nSPS) is 10.4. The van der Waals surface area contributed by atoms with Crippen LogP contribution in [0.25, 0.3) is 0 Å². The first kappa shape index (κ1) is 10.8. The summed E-state index contributed by atoms with van der Waals surface area (Å²) < 4.78 is 33.5. The van der Waals surface area contributed by atoms with Gasteiger partial charge in [-0.3, -0.25) is 0 Å². The third kappa shape index (κ3) is 2.87. The van der Waals surface area contributed by atoms with Gasteiger partial charge in [0.1, 0.15) is 6.61 Å². The van der Waals surface area contributed by atoms with Crippen molar-refractivity contribution >= 4 is 0 Å². The Morgan fingerprint density at radius 2 is 2.07 bits per heavy atom. The predicted molar refractivity (Wildman–Crippen MR) is 49.0 cm³/mol. The number of halogens is 2. The van der Waals surface area contributed by atoms with Gasteiger partial charge >= 0.3 is 0 Å². The van der Waals surface area contributed by atoms with Gasteiger partial charge < -0.3 is 9.47 Å². The van der Waals surface area contributed by atoms with E-state index in [1.807, 2.05) is 0 Å². The molecule has 0 heterocycles. The first-order valence-electron chi connectivity index (χ1n) is 4.04. The number of alkyl halides is 2. The molecule has 0 saturated carbocycles. The average Bonchev–Trinajstić information content (AvgIpc) is 2.15. The van der Waals surface area contributed by atoms with Crippen LogP contribution >= 0.6 is 0 Å². The van der Waals surface area contributed by atoms with E-state index < -0.39 is 13.0 Å². The molecule has 0 aliphatic rings. The molecule has 0 atom stereocenters. The first-order valence-corrected chi connectivity index (χ1v) is 4.04. The summed E-state index contributed by atoms with van der Waals surface area (Å²) in [6.07, 6.45) is -2.49. The highest BCUT2D eigenvalue weighted by Gasteiger charge is 2.07. The molecule has 0 saturated heterocycles. The van der Waals surface area contributed by atoms with E-state index in [0.717, 1.165) is 5.56 Å². The number of benzene rings is 1. The van der Waals surface area contributed by atoms with Crippen LogP contribution in [0.2, 0.25) is 0 Å². The fourth-order valence-electron chi connectivity index (χ4n) is 0.984. The molecule has 1 aromatic rings. The highest BCUT2D eigenvalue weighted by atomic mass is 19.3. The van der Waals surface area contributed by atoms with Gasteiger partial charge in [-0.15, -0.1) is 0 Å². The maximum atomic E-state index is 11.9. The van der Waals surface area contributed by atoms with Gasteiger partial charge in [0.25, 0.3) is 6.43 Å². The summed E-state index contributed by atoms with van der Waals surface area (Å²) in [6.45, 7) is 3.05. The molecule has 0 N–H and O–H groups in total. The van der Waals surface area contributed by atoms with Gasteiger partial charge in [0.05, 0.1) is 7.11 Å². The zero-order valence-electron chi connectivity index (χ0n) is 7.80. The smallest absolute Gasteiger partial charge is 0.272 e. The van der Waals surface area contributed by atoms with Crippen LogP contribution in [0.1, 0.15) is 5.56 Å². The molecule has 1 aromatic carbocycles. The lowest BCUT2D eigenvalue weighted by atomic mass is 10.2. The third-order valence-corrected chi connectivity index (χ3v) is 1.59. The molecule has 0 aliphatic carbocycles. The molecule has 4 heteroatoms. The zero-order valence-corrected chi connectivity index (χ0v) is 7.80. The Morgan fingerprint density at radius 3 is 2.64 bits per heavy atom. The highest BCUT2D eigenvalue weighted by Crippen LogP contribution is 2.27. The van der Waals surface area contributed by atoms with Crippen molar-refractivity contribution in [1.29, 1.82) is 0 Å². The molecular formula is C10H11F2O2. The van der Waals surface area contributed by atoms with E-state index in [1.54, 1.807) is 18.2 Å². The molecule has 0 aliphatic heterocycles. The zero-order chi connectivity index (χ0) is 10.6. The molecule has 2 nitrogen and oxygen atoms in total. The van der Waals surface area contributed by atoms with E-state index in [2.05, 4.69) is 6.92 Å². The van der Waals surface area contributed by atoms with Crippen molar-refractivity contribution < 1.29 is 18.3 Å². The summed E-state index contributed by atoms with van der Waals surface area (Å²) in [5.74, 6) is 0.721. The average molecular weight is 201 g/mol. The van der Waals surface area contributed by atoms with Crippen molar-refractivity contribution in [3.8, 4) is 11.5 Å². The standard InChI is InChI=1S/C10H11F2O2/c1-7-3-4-8(9(5-7)13-2)14-6-10(11)12/h3-5,10H,1,6H2,2H3. The van der Waals surface area contributed by atoms with E-state index in [0.29, 0.717) is 11.5 Å². The van der Waals surface area contributed by atoms with Gasteiger partial charge in [0.2, 0.25) is 0 Å². The van der Waals surface area contributed by atoms with Crippen LogP contribution in [0, 0.1) is 6.92 Å². The lowest BCUT2D eigenvalue weighted by Crippen LogP contribution is -2.07. The number of ether oxygens (including phenoxy) is 2. The first-order chi connectivity index (χ1) is 6.63. The van der Waals surface area contributed by atoms with Crippen LogP contribution in [-0.4, -0.2) is 20.1 Å². The molecule has 77 valence electrons. The third-order valence-electron chi connectivity index (χ3n) is 1.59. The van der Waals surface area contributed by atoms with Crippen LogP contribution in [-0.2, 0) is 0 Å². The molecule has 0 bridgehead atoms. The summed E-state index contributed by atoms with van der Waals surface area (Å²) in [4.78, 5) is 0. The van der Waals surface area contributed by atoms with E-state index >= 15 is 0 Å². The van der Waals surface area contributed by atoms with Crippen LogP contribution < -0.4 is 9.47 Å². The molecule has 0 amide bonds. The van der Waals surface area contributed by atoms with E-state index in [1.165, 1.54) is 7.11 Å². The largest absolute Gasteiger partial charge is 0.493 e. The second-order valence-electron chi connectivity index (χ2n) is 2.69. The monoisotopic (exact) mass is 201 g/mol. The maximum absolute atomic E-state index is 11.9. The van der Waals surface area contributed by atoms with Crippen LogP contribution in [0.4, 0.5) is 8.78 Å². The molecule has 0 aromatic heterocycles. The minimum absolute atomic E-state index is 0.306.